The minimum absolute atomic E-state index is 0.0874. The third kappa shape index (κ3) is 5.55. The Labute approximate surface area is 204 Å². The van der Waals surface area contributed by atoms with Gasteiger partial charge in [0.1, 0.15) is 12.4 Å². The van der Waals surface area contributed by atoms with Crippen molar-refractivity contribution in [3.05, 3.63) is 78.9 Å². The Hall–Kier alpha value is -4.04. The number of para-hydroxylation sites is 5. The summed E-state index contributed by atoms with van der Waals surface area (Å²) < 4.78 is 17.5. The molecule has 0 aliphatic carbocycles. The van der Waals surface area contributed by atoms with Gasteiger partial charge in [0.25, 0.3) is 5.91 Å². The van der Waals surface area contributed by atoms with Gasteiger partial charge in [-0.3, -0.25) is 14.5 Å². The lowest BCUT2D eigenvalue weighted by Crippen LogP contribution is -2.54. The van der Waals surface area contributed by atoms with Crippen LogP contribution in [0.5, 0.6) is 23.0 Å². The Morgan fingerprint density at radius 3 is 2.34 bits per heavy atom. The first-order valence-corrected chi connectivity index (χ1v) is 11.7. The van der Waals surface area contributed by atoms with Crippen LogP contribution in [-0.4, -0.2) is 67.0 Å². The van der Waals surface area contributed by atoms with Gasteiger partial charge in [0.15, 0.2) is 17.2 Å². The molecule has 1 fully saturated rings. The summed E-state index contributed by atoms with van der Waals surface area (Å²) in [5.74, 6) is 2.31. The van der Waals surface area contributed by atoms with E-state index in [0.717, 1.165) is 0 Å². The van der Waals surface area contributed by atoms with Crippen LogP contribution in [0, 0.1) is 0 Å². The number of amides is 2. The van der Waals surface area contributed by atoms with Gasteiger partial charge in [-0.25, -0.2) is 0 Å². The van der Waals surface area contributed by atoms with Crippen LogP contribution >= 0.6 is 0 Å². The predicted octanol–water partition coefficient (Wildman–Crippen LogP) is 3.40. The molecular formula is C27H27N3O5. The van der Waals surface area contributed by atoms with Crippen molar-refractivity contribution in [1.29, 1.82) is 0 Å². The molecular weight excluding hydrogens is 446 g/mol. The molecule has 0 spiro atoms. The molecule has 180 valence electrons. The van der Waals surface area contributed by atoms with Gasteiger partial charge in [-0.1, -0.05) is 42.5 Å². The van der Waals surface area contributed by atoms with E-state index in [1.165, 1.54) is 0 Å². The second-order valence-electron chi connectivity index (χ2n) is 8.43. The Bertz CT molecular complexity index is 1180. The summed E-state index contributed by atoms with van der Waals surface area (Å²) in [6, 6.07) is 24.1. The van der Waals surface area contributed by atoms with E-state index in [2.05, 4.69) is 5.32 Å². The van der Waals surface area contributed by atoms with Crippen LogP contribution in [0.3, 0.4) is 0 Å². The second kappa shape index (κ2) is 10.5. The number of carbonyl (C=O) groups is 2. The van der Waals surface area contributed by atoms with E-state index in [1.807, 2.05) is 77.7 Å². The van der Waals surface area contributed by atoms with Crippen molar-refractivity contribution in [2.24, 2.45) is 0 Å². The fourth-order valence-corrected chi connectivity index (χ4v) is 4.14. The number of hydrogen-bond acceptors (Lipinski definition) is 6. The summed E-state index contributed by atoms with van der Waals surface area (Å²) in [6.07, 6.45) is -0.652. The number of ether oxygens (including phenoxy) is 3. The monoisotopic (exact) mass is 473 g/mol. The van der Waals surface area contributed by atoms with E-state index in [-0.39, 0.29) is 25.0 Å². The van der Waals surface area contributed by atoms with Gasteiger partial charge in [-0.05, 0) is 36.4 Å². The Kier molecular flexibility index (Phi) is 6.81. The summed E-state index contributed by atoms with van der Waals surface area (Å²) in [4.78, 5) is 29.5. The van der Waals surface area contributed by atoms with Crippen molar-refractivity contribution in [2.75, 3.05) is 44.6 Å². The number of benzene rings is 3. The average Bonchev–Trinajstić information content (AvgIpc) is 2.90. The zero-order valence-electron chi connectivity index (χ0n) is 19.3. The summed E-state index contributed by atoms with van der Waals surface area (Å²) >= 11 is 0. The average molecular weight is 474 g/mol. The highest BCUT2D eigenvalue weighted by Gasteiger charge is 2.33. The van der Waals surface area contributed by atoms with Crippen molar-refractivity contribution in [3.8, 4) is 23.0 Å². The molecule has 8 heteroatoms. The number of carbonyl (C=O) groups excluding carboxylic acids is 2. The first kappa shape index (κ1) is 22.7. The highest BCUT2D eigenvalue weighted by Crippen LogP contribution is 2.31. The third-order valence-corrected chi connectivity index (χ3v) is 5.97. The maximum absolute atomic E-state index is 12.9. The molecule has 2 aliphatic heterocycles. The number of nitrogens with zero attached hydrogens (tertiary/aromatic N) is 2. The van der Waals surface area contributed by atoms with Gasteiger partial charge < -0.3 is 24.4 Å². The molecule has 3 aromatic carbocycles. The molecule has 2 aliphatic rings. The molecule has 1 unspecified atom stereocenters. The fourth-order valence-electron chi connectivity index (χ4n) is 4.14. The number of rotatable bonds is 6. The highest BCUT2D eigenvalue weighted by molar-refractivity contribution is 5.93. The molecule has 2 heterocycles. The topological polar surface area (TPSA) is 80.3 Å². The molecule has 1 N–H and O–H groups in total. The predicted molar refractivity (Wildman–Crippen MR) is 131 cm³/mol. The Balaban J connectivity index is 1.11. The molecule has 3 aromatic rings. The molecule has 1 saturated heterocycles. The van der Waals surface area contributed by atoms with Crippen LogP contribution in [0.2, 0.25) is 0 Å². The minimum atomic E-state index is -0.652. The Morgan fingerprint density at radius 2 is 1.54 bits per heavy atom. The van der Waals surface area contributed by atoms with E-state index in [1.54, 1.807) is 11.0 Å². The van der Waals surface area contributed by atoms with Gasteiger partial charge in [-0.15, -0.1) is 0 Å². The van der Waals surface area contributed by atoms with Crippen LogP contribution in [0.4, 0.5) is 5.69 Å². The number of fused-ring (bicyclic) bond motifs is 1. The lowest BCUT2D eigenvalue weighted by molar-refractivity contribution is -0.143. The van der Waals surface area contributed by atoms with E-state index in [0.29, 0.717) is 54.9 Å². The van der Waals surface area contributed by atoms with E-state index in [4.69, 9.17) is 14.2 Å². The Morgan fingerprint density at radius 1 is 0.857 bits per heavy atom. The van der Waals surface area contributed by atoms with Crippen molar-refractivity contribution < 1.29 is 23.8 Å². The van der Waals surface area contributed by atoms with Gasteiger partial charge >= 0.3 is 0 Å². The zero-order valence-corrected chi connectivity index (χ0v) is 19.3. The van der Waals surface area contributed by atoms with Crippen molar-refractivity contribution in [3.63, 3.8) is 0 Å². The fraction of sp³-hybridized carbons (Fsp3) is 0.259. The molecule has 35 heavy (non-hydrogen) atoms. The first-order chi connectivity index (χ1) is 17.2. The van der Waals surface area contributed by atoms with Crippen molar-refractivity contribution >= 4 is 17.5 Å². The zero-order chi connectivity index (χ0) is 24.0. The van der Waals surface area contributed by atoms with E-state index in [9.17, 15) is 9.59 Å². The first-order valence-electron chi connectivity index (χ1n) is 11.7. The molecule has 5 rings (SSSR count). The number of piperazine rings is 1. The standard InChI is InChI=1S/C27H27N3O5/c31-26(28-21-10-4-5-11-22(21)34-20-8-2-1-3-9-20)18-29-14-16-30(17-15-29)27(32)25-19-33-23-12-6-7-13-24(23)35-25/h1-13,25H,14-19H2,(H,28,31). The summed E-state index contributed by atoms with van der Waals surface area (Å²) in [5.41, 5.74) is 0.616. The molecule has 2 amide bonds. The highest BCUT2D eigenvalue weighted by atomic mass is 16.6. The maximum Gasteiger partial charge on any atom is 0.267 e. The second-order valence-corrected chi connectivity index (χ2v) is 8.43. The van der Waals surface area contributed by atoms with Gasteiger partial charge in [0, 0.05) is 26.2 Å². The molecule has 0 bridgehead atoms. The smallest absolute Gasteiger partial charge is 0.267 e. The number of hydrogen-bond donors (Lipinski definition) is 1. The quantitative estimate of drug-likeness (QED) is 0.591. The number of nitrogens with one attached hydrogen (secondary N) is 1. The van der Waals surface area contributed by atoms with E-state index < -0.39 is 6.10 Å². The lowest BCUT2D eigenvalue weighted by Gasteiger charge is -2.36. The molecule has 1 atom stereocenters. The molecule has 0 aromatic heterocycles. The van der Waals surface area contributed by atoms with Crippen LogP contribution in [-0.2, 0) is 9.59 Å². The normalized spacial score (nSPS) is 17.5. The van der Waals surface area contributed by atoms with E-state index >= 15 is 0 Å². The van der Waals surface area contributed by atoms with Crippen LogP contribution in [0.15, 0.2) is 78.9 Å². The third-order valence-electron chi connectivity index (χ3n) is 5.97. The van der Waals surface area contributed by atoms with Crippen molar-refractivity contribution in [2.45, 2.75) is 6.10 Å². The van der Waals surface area contributed by atoms with Gasteiger partial charge in [0.05, 0.1) is 12.2 Å². The summed E-state index contributed by atoms with van der Waals surface area (Å²) in [5, 5.41) is 2.95. The van der Waals surface area contributed by atoms with Gasteiger partial charge in [-0.2, -0.15) is 0 Å². The van der Waals surface area contributed by atoms with Crippen LogP contribution in [0.25, 0.3) is 0 Å². The number of anilines is 1. The molecule has 0 saturated carbocycles. The summed E-state index contributed by atoms with van der Waals surface area (Å²) in [6.45, 7) is 2.70. The van der Waals surface area contributed by atoms with Crippen LogP contribution in [0.1, 0.15) is 0 Å². The molecule has 0 radical (unpaired) electrons. The summed E-state index contributed by atoms with van der Waals surface area (Å²) in [7, 11) is 0. The molecule has 8 nitrogen and oxygen atoms in total. The largest absolute Gasteiger partial charge is 0.485 e. The van der Waals surface area contributed by atoms with Gasteiger partial charge in [0.2, 0.25) is 12.0 Å². The minimum Gasteiger partial charge on any atom is -0.485 e. The van der Waals surface area contributed by atoms with Crippen LogP contribution < -0.4 is 19.5 Å². The lowest BCUT2D eigenvalue weighted by atomic mass is 10.2. The van der Waals surface area contributed by atoms with Crippen molar-refractivity contribution in [1.82, 2.24) is 9.80 Å². The maximum atomic E-state index is 12.9. The SMILES string of the molecule is O=C(CN1CCN(C(=O)C2COc3ccccc3O2)CC1)Nc1ccccc1Oc1ccccc1.